The molecule has 0 aromatic carbocycles. The molecule has 0 radical (unpaired) electrons. The Kier molecular flexibility index (Phi) is 0.368. The second kappa shape index (κ2) is 0.847. The van der Waals surface area contributed by atoms with Gasteiger partial charge in [-0.15, -0.1) is 0 Å². The lowest BCUT2D eigenvalue weighted by Crippen LogP contribution is -2.28. The molecule has 0 aliphatic heterocycles. The molecule has 6 atom stereocenters. The Morgan fingerprint density at radius 1 is 1.00 bits per heavy atom. The number of hydrogen-bond acceptors (Lipinski definition) is 2. The van der Waals surface area contributed by atoms with Crippen LogP contribution in [-0.4, -0.2) is 0 Å². The number of nitrogens with zero attached hydrogens (tertiary/aromatic N) is 2. The van der Waals surface area contributed by atoms with Crippen LogP contribution in [0.4, 0.5) is 0 Å². The second-order valence-corrected chi connectivity index (χ2v) is 4.46. The summed E-state index contributed by atoms with van der Waals surface area (Å²) >= 11 is 0. The number of rotatable bonds is 0. The molecule has 11 heavy (non-hydrogen) atoms. The molecule has 0 heterocycles. The van der Waals surface area contributed by atoms with E-state index >= 15 is 0 Å². The number of hydrogen-bond donors (Lipinski definition) is 0. The summed E-state index contributed by atoms with van der Waals surface area (Å²) in [5.74, 6) is 2.61. The van der Waals surface area contributed by atoms with Gasteiger partial charge in [-0.3, -0.25) is 0 Å². The van der Waals surface area contributed by atoms with E-state index < -0.39 is 0 Å². The van der Waals surface area contributed by atoms with Crippen molar-refractivity contribution in [3.63, 3.8) is 0 Å². The quantitative estimate of drug-likeness (QED) is 0.504. The molecule has 5 aliphatic carbocycles. The van der Waals surface area contributed by atoms with Gasteiger partial charge in [-0.05, 0) is 30.1 Å². The van der Waals surface area contributed by atoms with Crippen LogP contribution in [0.1, 0.15) is 6.42 Å². The first-order valence-electron chi connectivity index (χ1n) is 4.17. The van der Waals surface area contributed by atoms with Crippen molar-refractivity contribution >= 4 is 0 Å². The third-order valence-corrected chi connectivity index (χ3v) is 4.82. The minimum atomic E-state index is -0.114. The molecule has 0 amide bonds. The second-order valence-electron chi connectivity index (χ2n) is 4.46. The van der Waals surface area contributed by atoms with Crippen LogP contribution in [0.25, 0.3) is 0 Å². The van der Waals surface area contributed by atoms with Gasteiger partial charge in [0.15, 0.2) is 0 Å². The van der Waals surface area contributed by atoms with E-state index in [-0.39, 0.29) is 10.8 Å². The van der Waals surface area contributed by atoms with Crippen LogP contribution >= 0.6 is 0 Å². The molecule has 6 unspecified atom stereocenters. The van der Waals surface area contributed by atoms with Gasteiger partial charge in [-0.2, -0.15) is 10.5 Å². The van der Waals surface area contributed by atoms with Crippen LogP contribution in [0.15, 0.2) is 0 Å². The molecule has 0 N–H and O–H groups in total. The third kappa shape index (κ3) is 0.175. The van der Waals surface area contributed by atoms with Crippen LogP contribution in [0.5, 0.6) is 0 Å². The normalized spacial score (nSPS) is 77.3. The van der Waals surface area contributed by atoms with E-state index in [1.807, 2.05) is 0 Å². The summed E-state index contributed by atoms with van der Waals surface area (Å²) in [7, 11) is 0. The molecule has 2 nitrogen and oxygen atoms in total. The first-order chi connectivity index (χ1) is 5.34. The fraction of sp³-hybridized carbons (Fsp3) is 0.778. The molecule has 5 rings (SSSR count). The molecule has 2 bridgehead atoms. The van der Waals surface area contributed by atoms with Gasteiger partial charge in [0, 0.05) is 0 Å². The maximum atomic E-state index is 8.98. The van der Waals surface area contributed by atoms with Gasteiger partial charge in [0.2, 0.25) is 0 Å². The topological polar surface area (TPSA) is 47.6 Å². The molecule has 5 aliphatic rings. The zero-order valence-corrected chi connectivity index (χ0v) is 5.91. The zero-order chi connectivity index (χ0) is 7.43. The molecule has 2 heteroatoms. The van der Waals surface area contributed by atoms with Crippen LogP contribution < -0.4 is 0 Å². The molecular weight excluding hydrogens is 136 g/mol. The Labute approximate surface area is 64.4 Å². The van der Waals surface area contributed by atoms with E-state index in [1.165, 1.54) is 6.42 Å². The first-order valence-corrected chi connectivity index (χ1v) is 4.17. The molecule has 0 aromatic heterocycles. The van der Waals surface area contributed by atoms with E-state index in [2.05, 4.69) is 12.1 Å². The Hall–Kier alpha value is -1.02. The predicted molar refractivity (Wildman–Crippen MR) is 34.7 cm³/mol. The Morgan fingerprint density at radius 2 is 1.45 bits per heavy atom. The van der Waals surface area contributed by atoms with Crippen LogP contribution in [-0.2, 0) is 0 Å². The predicted octanol–water partition coefficient (Wildman–Crippen LogP) is 0.916. The lowest BCUT2D eigenvalue weighted by atomic mass is 9.74. The Balaban J connectivity index is 2.04. The maximum Gasteiger partial charge on any atom is 0.0831 e. The van der Waals surface area contributed by atoms with Crippen molar-refractivity contribution < 1.29 is 0 Å². The van der Waals surface area contributed by atoms with Gasteiger partial charge in [-0.1, -0.05) is 0 Å². The largest absolute Gasteiger partial charge is 0.198 e. The summed E-state index contributed by atoms with van der Waals surface area (Å²) in [6.45, 7) is 0. The van der Waals surface area contributed by atoms with Crippen molar-refractivity contribution in [3.8, 4) is 12.1 Å². The summed E-state index contributed by atoms with van der Waals surface area (Å²) < 4.78 is 0. The van der Waals surface area contributed by atoms with E-state index in [0.29, 0.717) is 23.7 Å². The SMILES string of the molecule is N#CC12C3CC4C(C31)C42C#N. The van der Waals surface area contributed by atoms with E-state index in [0.717, 1.165) is 0 Å². The lowest BCUT2D eigenvalue weighted by Gasteiger charge is -2.23. The molecule has 5 fully saturated rings. The molecular formula is C9H6N2. The highest BCUT2D eigenvalue weighted by Gasteiger charge is 3.06. The maximum absolute atomic E-state index is 8.98. The van der Waals surface area contributed by atoms with Crippen molar-refractivity contribution in [2.45, 2.75) is 6.42 Å². The molecule has 52 valence electrons. The average Bonchev–Trinajstić information content (AvgIpc) is 2.64. The van der Waals surface area contributed by atoms with Gasteiger partial charge in [0.05, 0.1) is 23.0 Å². The standard InChI is InChI=1S/C9H6N2/c10-2-8-4-1-5-7(6(4)8)9(5,8)3-11/h4-7H,1H2. The highest BCUT2D eigenvalue weighted by Crippen LogP contribution is 3.04. The highest BCUT2D eigenvalue weighted by molar-refractivity contribution is 5.58. The van der Waals surface area contributed by atoms with Crippen molar-refractivity contribution in [1.82, 2.24) is 0 Å². The Morgan fingerprint density at radius 3 is 1.73 bits per heavy atom. The third-order valence-electron chi connectivity index (χ3n) is 4.82. The summed E-state index contributed by atoms with van der Waals surface area (Å²) in [6.07, 6.45) is 1.19. The van der Waals surface area contributed by atoms with Crippen molar-refractivity contribution in [1.29, 1.82) is 10.5 Å². The van der Waals surface area contributed by atoms with E-state index in [1.54, 1.807) is 0 Å². The summed E-state index contributed by atoms with van der Waals surface area (Å²) in [5.41, 5.74) is -0.228. The van der Waals surface area contributed by atoms with E-state index in [4.69, 9.17) is 10.5 Å². The van der Waals surface area contributed by atoms with Crippen LogP contribution in [0, 0.1) is 57.2 Å². The number of nitriles is 2. The highest BCUT2D eigenvalue weighted by atomic mass is 15.1. The first kappa shape index (κ1) is 4.78. The van der Waals surface area contributed by atoms with Crippen LogP contribution in [0.2, 0.25) is 0 Å². The van der Waals surface area contributed by atoms with Gasteiger partial charge < -0.3 is 0 Å². The van der Waals surface area contributed by atoms with E-state index in [9.17, 15) is 0 Å². The summed E-state index contributed by atoms with van der Waals surface area (Å²) in [5, 5.41) is 18.0. The van der Waals surface area contributed by atoms with Gasteiger partial charge >= 0.3 is 0 Å². The smallest absolute Gasteiger partial charge is 0.0831 e. The van der Waals surface area contributed by atoms with Crippen molar-refractivity contribution in [2.75, 3.05) is 0 Å². The molecule has 0 saturated heterocycles. The van der Waals surface area contributed by atoms with Crippen molar-refractivity contribution in [2.24, 2.45) is 34.5 Å². The lowest BCUT2D eigenvalue weighted by molar-refractivity contribution is 0.267. The van der Waals surface area contributed by atoms with Gasteiger partial charge in [-0.25, -0.2) is 0 Å². The fourth-order valence-electron chi connectivity index (χ4n) is 4.55. The summed E-state index contributed by atoms with van der Waals surface area (Å²) in [6, 6.07) is 4.81. The molecule has 0 aromatic rings. The minimum Gasteiger partial charge on any atom is -0.198 e. The zero-order valence-electron chi connectivity index (χ0n) is 5.91. The molecule has 5 saturated carbocycles. The van der Waals surface area contributed by atoms with Crippen molar-refractivity contribution in [3.05, 3.63) is 0 Å². The monoisotopic (exact) mass is 142 g/mol. The summed E-state index contributed by atoms with van der Waals surface area (Å²) in [4.78, 5) is 0. The fourth-order valence-corrected chi connectivity index (χ4v) is 4.55. The molecule has 0 spiro atoms. The minimum absolute atomic E-state index is 0.114. The van der Waals surface area contributed by atoms with Gasteiger partial charge in [0.25, 0.3) is 0 Å². The average molecular weight is 142 g/mol. The van der Waals surface area contributed by atoms with Gasteiger partial charge in [0.1, 0.15) is 0 Å². The Bertz CT molecular complexity index is 320. The van der Waals surface area contributed by atoms with Crippen LogP contribution in [0.3, 0.4) is 0 Å².